The lowest BCUT2D eigenvalue weighted by atomic mass is 9.72. The molecule has 1 N–H and O–H groups in total. The van der Waals surface area contributed by atoms with E-state index in [-0.39, 0.29) is 12.5 Å². The summed E-state index contributed by atoms with van der Waals surface area (Å²) in [6.07, 6.45) is 6.46. The van der Waals surface area contributed by atoms with Crippen LogP contribution in [0.5, 0.6) is 0 Å². The fraction of sp³-hybridized carbons (Fsp3) is 0.579. The number of rotatable bonds is 5. The smallest absolute Gasteiger partial charge is 0.264 e. The number of aromatic amines is 1. The third kappa shape index (κ3) is 3.23. The number of piperidine rings is 1. The Morgan fingerprint density at radius 2 is 2.20 bits per heavy atom. The van der Waals surface area contributed by atoms with E-state index in [1.165, 1.54) is 22.0 Å². The second kappa shape index (κ2) is 6.41. The van der Waals surface area contributed by atoms with Crippen LogP contribution in [0.25, 0.3) is 10.9 Å². The van der Waals surface area contributed by atoms with Crippen LogP contribution in [0.1, 0.15) is 36.8 Å². The van der Waals surface area contributed by atoms with Crippen LogP contribution >= 0.6 is 0 Å². The standard InChI is InChI=1S/C19H26N2O3S/c1-3-7-21-11-13(12-24-25(2,22)23)8-16-15-5-4-6-17-19(15)14(10-20-17)9-18(16)21/h4-6,10,13,16,18,20H,3,7-9,11-12H2,1-2H3/t13-,16?,18-/m1/s1. The highest BCUT2D eigenvalue weighted by Crippen LogP contribution is 2.44. The van der Waals surface area contributed by atoms with Gasteiger partial charge in [-0.1, -0.05) is 19.1 Å². The van der Waals surface area contributed by atoms with Crippen molar-refractivity contribution in [1.29, 1.82) is 0 Å². The van der Waals surface area contributed by atoms with Gasteiger partial charge in [-0.05, 0) is 48.9 Å². The van der Waals surface area contributed by atoms with Crippen LogP contribution in [0.15, 0.2) is 24.4 Å². The lowest BCUT2D eigenvalue weighted by Crippen LogP contribution is -2.51. The van der Waals surface area contributed by atoms with Gasteiger partial charge in [-0.3, -0.25) is 9.08 Å². The maximum Gasteiger partial charge on any atom is 0.264 e. The highest BCUT2D eigenvalue weighted by molar-refractivity contribution is 7.85. The van der Waals surface area contributed by atoms with Gasteiger partial charge in [0.15, 0.2) is 0 Å². The van der Waals surface area contributed by atoms with Gasteiger partial charge < -0.3 is 4.98 Å². The molecule has 1 aromatic heterocycles. The number of nitrogens with zero attached hydrogens (tertiary/aromatic N) is 1. The van der Waals surface area contributed by atoms with Crippen LogP contribution in [-0.4, -0.2) is 50.3 Å². The second-order valence-corrected chi connectivity index (χ2v) is 9.19. The van der Waals surface area contributed by atoms with Gasteiger partial charge in [-0.25, -0.2) is 0 Å². The number of hydrogen-bond acceptors (Lipinski definition) is 4. The molecule has 6 heteroatoms. The van der Waals surface area contributed by atoms with E-state index in [1.807, 2.05) is 0 Å². The molecule has 1 aromatic carbocycles. The molecule has 4 rings (SSSR count). The molecule has 2 aromatic rings. The van der Waals surface area contributed by atoms with E-state index in [1.54, 1.807) is 0 Å². The number of hydrogen-bond donors (Lipinski definition) is 1. The summed E-state index contributed by atoms with van der Waals surface area (Å²) in [6, 6.07) is 7.02. The van der Waals surface area contributed by atoms with Crippen molar-refractivity contribution in [2.24, 2.45) is 5.92 Å². The quantitative estimate of drug-likeness (QED) is 0.831. The molecule has 1 aliphatic heterocycles. The molecule has 0 amide bonds. The van der Waals surface area contributed by atoms with Crippen molar-refractivity contribution in [2.45, 2.75) is 38.1 Å². The van der Waals surface area contributed by atoms with Crippen molar-refractivity contribution in [1.82, 2.24) is 9.88 Å². The number of nitrogens with one attached hydrogen (secondary N) is 1. The fourth-order valence-electron chi connectivity index (χ4n) is 4.78. The topological polar surface area (TPSA) is 62.4 Å². The van der Waals surface area contributed by atoms with Gasteiger partial charge in [-0.15, -0.1) is 0 Å². The van der Waals surface area contributed by atoms with Crippen molar-refractivity contribution in [3.8, 4) is 0 Å². The molecule has 1 fully saturated rings. The van der Waals surface area contributed by atoms with Crippen molar-refractivity contribution < 1.29 is 12.6 Å². The van der Waals surface area contributed by atoms with Gasteiger partial charge in [0.1, 0.15) is 0 Å². The molecular weight excluding hydrogens is 336 g/mol. The zero-order chi connectivity index (χ0) is 17.6. The number of benzene rings is 1. The zero-order valence-electron chi connectivity index (χ0n) is 14.9. The summed E-state index contributed by atoms with van der Waals surface area (Å²) in [5.74, 6) is 0.693. The summed E-state index contributed by atoms with van der Waals surface area (Å²) < 4.78 is 28.0. The van der Waals surface area contributed by atoms with E-state index in [9.17, 15) is 8.42 Å². The Morgan fingerprint density at radius 1 is 1.36 bits per heavy atom. The minimum atomic E-state index is -3.39. The largest absolute Gasteiger partial charge is 0.361 e. The van der Waals surface area contributed by atoms with Gasteiger partial charge in [0.05, 0.1) is 12.9 Å². The molecule has 3 atom stereocenters. The van der Waals surface area contributed by atoms with Crippen LogP contribution in [0.3, 0.4) is 0 Å². The van der Waals surface area contributed by atoms with E-state index in [0.29, 0.717) is 12.0 Å². The molecule has 1 unspecified atom stereocenters. The first-order chi connectivity index (χ1) is 12.0. The average molecular weight is 362 g/mol. The summed E-state index contributed by atoms with van der Waals surface area (Å²) in [7, 11) is -3.39. The molecule has 5 nitrogen and oxygen atoms in total. The Kier molecular flexibility index (Phi) is 4.38. The van der Waals surface area contributed by atoms with E-state index in [2.05, 4.69) is 41.2 Å². The Labute approximate surface area is 149 Å². The lowest BCUT2D eigenvalue weighted by Gasteiger charge is -2.47. The lowest BCUT2D eigenvalue weighted by molar-refractivity contribution is 0.0640. The van der Waals surface area contributed by atoms with Crippen LogP contribution in [0, 0.1) is 5.92 Å². The van der Waals surface area contributed by atoms with Gasteiger partial charge in [-0.2, -0.15) is 8.42 Å². The third-order valence-corrected chi connectivity index (χ3v) is 6.25. The second-order valence-electron chi connectivity index (χ2n) is 7.55. The molecule has 2 heterocycles. The predicted molar refractivity (Wildman–Crippen MR) is 99.3 cm³/mol. The minimum absolute atomic E-state index is 0.248. The van der Waals surface area contributed by atoms with E-state index < -0.39 is 10.1 Å². The highest BCUT2D eigenvalue weighted by Gasteiger charge is 2.40. The van der Waals surface area contributed by atoms with Crippen LogP contribution < -0.4 is 0 Å². The van der Waals surface area contributed by atoms with E-state index in [4.69, 9.17) is 4.18 Å². The van der Waals surface area contributed by atoms with Crippen molar-refractivity contribution in [3.05, 3.63) is 35.5 Å². The third-order valence-electron chi connectivity index (χ3n) is 5.69. The van der Waals surface area contributed by atoms with Crippen molar-refractivity contribution >= 4 is 21.0 Å². The van der Waals surface area contributed by atoms with Crippen LogP contribution in [0.4, 0.5) is 0 Å². The first-order valence-electron chi connectivity index (χ1n) is 9.13. The molecule has 0 radical (unpaired) electrons. The van der Waals surface area contributed by atoms with Crippen molar-refractivity contribution in [2.75, 3.05) is 26.0 Å². The van der Waals surface area contributed by atoms with Crippen molar-refractivity contribution in [3.63, 3.8) is 0 Å². The molecule has 0 spiro atoms. The molecule has 136 valence electrons. The molecular formula is C19H26N2O3S. The highest BCUT2D eigenvalue weighted by atomic mass is 32.2. The van der Waals surface area contributed by atoms with E-state index in [0.717, 1.165) is 38.6 Å². The maximum atomic E-state index is 11.4. The summed E-state index contributed by atoms with van der Waals surface area (Å²) in [5.41, 5.74) is 4.04. The van der Waals surface area contributed by atoms with Gasteiger partial charge in [0.2, 0.25) is 0 Å². The van der Waals surface area contributed by atoms with Gasteiger partial charge in [0, 0.05) is 35.6 Å². The van der Waals surface area contributed by atoms with Gasteiger partial charge >= 0.3 is 0 Å². The van der Waals surface area contributed by atoms with Crippen LogP contribution in [-0.2, 0) is 20.7 Å². The molecule has 25 heavy (non-hydrogen) atoms. The number of aromatic nitrogens is 1. The SMILES string of the molecule is CCCN1C[C@H](COS(C)(=O)=O)CC2c3cccc4[nH]cc(c34)C[C@H]21. The first kappa shape index (κ1) is 17.1. The molecule has 2 aliphatic rings. The summed E-state index contributed by atoms with van der Waals surface area (Å²) >= 11 is 0. The molecule has 1 saturated heterocycles. The van der Waals surface area contributed by atoms with E-state index >= 15 is 0 Å². The average Bonchev–Trinajstić information content (AvgIpc) is 2.98. The summed E-state index contributed by atoms with van der Waals surface area (Å²) in [6.45, 7) is 4.46. The predicted octanol–water partition coefficient (Wildman–Crippen LogP) is 2.88. The number of H-pyrrole nitrogens is 1. The molecule has 0 saturated carbocycles. The number of fused-ring (bicyclic) bond motifs is 2. The van der Waals surface area contributed by atoms with Crippen LogP contribution in [0.2, 0.25) is 0 Å². The first-order valence-corrected chi connectivity index (χ1v) is 10.9. The van der Waals surface area contributed by atoms with Gasteiger partial charge in [0.25, 0.3) is 10.1 Å². The molecule has 0 bridgehead atoms. The summed E-state index contributed by atoms with van der Waals surface area (Å²) in [4.78, 5) is 5.97. The Hall–Kier alpha value is -1.37. The normalized spacial score (nSPS) is 26.7. The fourth-order valence-corrected chi connectivity index (χ4v) is 5.22. The minimum Gasteiger partial charge on any atom is -0.361 e. The summed E-state index contributed by atoms with van der Waals surface area (Å²) in [5, 5.41) is 1.38. The molecule has 1 aliphatic carbocycles. The monoisotopic (exact) mass is 362 g/mol. The zero-order valence-corrected chi connectivity index (χ0v) is 15.7. The Morgan fingerprint density at radius 3 is 2.96 bits per heavy atom. The maximum absolute atomic E-state index is 11.4. The number of likely N-dealkylation sites (tertiary alicyclic amines) is 1. The Bertz CT molecular complexity index is 874. The Balaban J connectivity index is 1.67.